The molecule has 0 unspecified atom stereocenters. The molecule has 0 amide bonds. The number of anilines is 2. The number of hydrogen-bond donors (Lipinski definition) is 0. The molecular formula is C14H19N3Si. The van der Waals surface area contributed by atoms with Crippen LogP contribution in [0.25, 0.3) is 0 Å². The predicted molar refractivity (Wildman–Crippen MR) is 78.8 cm³/mol. The van der Waals surface area contributed by atoms with Gasteiger partial charge in [0.05, 0.1) is 8.07 Å². The summed E-state index contributed by atoms with van der Waals surface area (Å²) in [6.07, 6.45) is 4.67. The maximum Gasteiger partial charge on any atom is 0.133 e. The Balaban J connectivity index is 2.36. The molecule has 3 nitrogen and oxygen atoms in total. The summed E-state index contributed by atoms with van der Waals surface area (Å²) in [5.74, 6) is 1.94. The lowest BCUT2D eigenvalue weighted by Gasteiger charge is -2.28. The van der Waals surface area contributed by atoms with Crippen molar-refractivity contribution in [1.29, 1.82) is 0 Å². The topological polar surface area (TPSA) is 29.0 Å². The molecule has 0 aromatic carbocycles. The van der Waals surface area contributed by atoms with E-state index in [2.05, 4.69) is 34.5 Å². The van der Waals surface area contributed by atoms with Crippen molar-refractivity contribution in [2.45, 2.75) is 19.6 Å². The van der Waals surface area contributed by atoms with Crippen LogP contribution in [0.3, 0.4) is 0 Å². The fraction of sp³-hybridized carbons (Fsp3) is 0.286. The molecule has 2 aromatic rings. The van der Waals surface area contributed by atoms with Gasteiger partial charge in [-0.25, -0.2) is 9.97 Å². The fourth-order valence-electron chi connectivity index (χ4n) is 1.78. The van der Waals surface area contributed by atoms with Crippen LogP contribution in [0.2, 0.25) is 19.6 Å². The van der Waals surface area contributed by atoms with E-state index in [0.717, 1.165) is 17.8 Å². The van der Waals surface area contributed by atoms with Crippen molar-refractivity contribution >= 4 is 19.7 Å². The van der Waals surface area contributed by atoms with E-state index in [0.29, 0.717) is 0 Å². The summed E-state index contributed by atoms with van der Waals surface area (Å²) in [7, 11) is -1.24. The lowest BCUT2D eigenvalue weighted by molar-refractivity contribution is 1.03. The molecule has 0 radical (unpaired) electrons. The maximum atomic E-state index is 4.45. The zero-order valence-corrected chi connectivity index (χ0v) is 12.2. The molecular weight excluding hydrogens is 238 g/mol. The van der Waals surface area contributed by atoms with Gasteiger partial charge in [-0.2, -0.15) is 0 Å². The van der Waals surface area contributed by atoms with E-state index in [1.807, 2.05) is 48.8 Å². The van der Waals surface area contributed by atoms with Crippen molar-refractivity contribution < 1.29 is 0 Å². The van der Waals surface area contributed by atoms with Gasteiger partial charge in [-0.1, -0.05) is 31.8 Å². The minimum absolute atomic E-state index is 0.971. The highest BCUT2D eigenvalue weighted by atomic mass is 28.3. The van der Waals surface area contributed by atoms with Crippen molar-refractivity contribution in [3.05, 3.63) is 48.8 Å². The van der Waals surface area contributed by atoms with Gasteiger partial charge < -0.3 is 4.90 Å². The Morgan fingerprint density at radius 1 is 0.889 bits per heavy atom. The molecule has 0 aliphatic carbocycles. The summed E-state index contributed by atoms with van der Waals surface area (Å²) in [6, 6.07) is 12.0. The predicted octanol–water partition coefficient (Wildman–Crippen LogP) is 3.49. The molecule has 0 aliphatic heterocycles. The van der Waals surface area contributed by atoms with Gasteiger partial charge in [-0.15, -0.1) is 0 Å². The van der Waals surface area contributed by atoms with E-state index in [1.165, 1.54) is 0 Å². The van der Waals surface area contributed by atoms with Crippen molar-refractivity contribution in [3.8, 4) is 0 Å². The van der Waals surface area contributed by atoms with Gasteiger partial charge in [0.1, 0.15) is 11.6 Å². The molecule has 94 valence electrons. The second-order valence-corrected chi connectivity index (χ2v) is 11.0. The summed E-state index contributed by atoms with van der Waals surface area (Å²) in [6.45, 7) is 7.06. The number of aromatic nitrogens is 2. The first-order valence-corrected chi connectivity index (χ1v) is 9.87. The smallest absolute Gasteiger partial charge is 0.133 e. The summed E-state index contributed by atoms with van der Waals surface area (Å²) in [5.41, 5.74) is 0. The van der Waals surface area contributed by atoms with E-state index in [4.69, 9.17) is 0 Å². The third kappa shape index (κ3) is 3.40. The highest BCUT2D eigenvalue weighted by Gasteiger charge is 2.21. The third-order valence-electron chi connectivity index (χ3n) is 2.48. The lowest BCUT2D eigenvalue weighted by atomic mass is 10.4. The lowest BCUT2D eigenvalue weighted by Crippen LogP contribution is -2.38. The highest BCUT2D eigenvalue weighted by Crippen LogP contribution is 2.22. The standard InChI is InChI=1S/C14H19N3Si/c1-18(2,3)12-17(13-8-4-6-10-15-13)14-9-5-7-11-16-14/h4-11H,12H2,1-3H3. The summed E-state index contributed by atoms with van der Waals surface area (Å²) < 4.78 is 0. The summed E-state index contributed by atoms with van der Waals surface area (Å²) in [4.78, 5) is 11.1. The van der Waals surface area contributed by atoms with E-state index in [-0.39, 0.29) is 0 Å². The molecule has 0 saturated heterocycles. The molecule has 0 fully saturated rings. The molecule has 0 spiro atoms. The van der Waals surface area contributed by atoms with Gasteiger partial charge in [0.25, 0.3) is 0 Å². The van der Waals surface area contributed by atoms with Gasteiger partial charge in [0.15, 0.2) is 0 Å². The second kappa shape index (κ2) is 5.31. The Labute approximate surface area is 110 Å². The van der Waals surface area contributed by atoms with Crippen molar-refractivity contribution in [1.82, 2.24) is 9.97 Å². The van der Waals surface area contributed by atoms with Gasteiger partial charge in [-0.05, 0) is 24.3 Å². The molecule has 18 heavy (non-hydrogen) atoms. The van der Waals surface area contributed by atoms with Crippen LogP contribution in [0.15, 0.2) is 48.8 Å². The van der Waals surface area contributed by atoms with Gasteiger partial charge in [0.2, 0.25) is 0 Å². The minimum Gasteiger partial charge on any atom is -0.314 e. The third-order valence-corrected chi connectivity index (χ3v) is 3.75. The van der Waals surface area contributed by atoms with Crippen LogP contribution < -0.4 is 4.90 Å². The molecule has 2 rings (SSSR count). The summed E-state index contributed by atoms with van der Waals surface area (Å²) >= 11 is 0. The number of hydrogen-bond acceptors (Lipinski definition) is 3. The van der Waals surface area contributed by atoms with Crippen LogP contribution in [0, 0.1) is 0 Å². The van der Waals surface area contributed by atoms with Gasteiger partial charge in [-0.3, -0.25) is 0 Å². The molecule has 0 aliphatic rings. The zero-order chi connectivity index (χ0) is 13.0. The summed E-state index contributed by atoms with van der Waals surface area (Å²) in [5, 5.41) is 0. The van der Waals surface area contributed by atoms with Crippen molar-refractivity contribution in [3.63, 3.8) is 0 Å². The Morgan fingerprint density at radius 2 is 1.39 bits per heavy atom. The Morgan fingerprint density at radius 3 is 1.72 bits per heavy atom. The molecule has 0 saturated carbocycles. The number of pyridine rings is 2. The van der Waals surface area contributed by atoms with Crippen LogP contribution in [0.5, 0.6) is 0 Å². The van der Waals surface area contributed by atoms with Crippen LogP contribution in [0.4, 0.5) is 11.6 Å². The average molecular weight is 257 g/mol. The van der Waals surface area contributed by atoms with Crippen LogP contribution in [0.1, 0.15) is 0 Å². The molecule has 2 heterocycles. The highest BCUT2D eigenvalue weighted by molar-refractivity contribution is 6.76. The van der Waals surface area contributed by atoms with Gasteiger partial charge in [0, 0.05) is 18.6 Å². The van der Waals surface area contributed by atoms with Crippen molar-refractivity contribution in [2.24, 2.45) is 0 Å². The Hall–Kier alpha value is -1.68. The van der Waals surface area contributed by atoms with Crippen molar-refractivity contribution in [2.75, 3.05) is 11.1 Å². The first kappa shape index (κ1) is 12.8. The SMILES string of the molecule is C[Si](C)(C)CN(c1ccccn1)c1ccccn1. The van der Waals surface area contributed by atoms with Gasteiger partial charge >= 0.3 is 0 Å². The molecule has 4 heteroatoms. The zero-order valence-electron chi connectivity index (χ0n) is 11.2. The largest absolute Gasteiger partial charge is 0.314 e. The van der Waals surface area contributed by atoms with Crippen LogP contribution in [-0.2, 0) is 0 Å². The maximum absolute atomic E-state index is 4.45. The fourth-order valence-corrected chi connectivity index (χ4v) is 3.05. The Bertz CT molecular complexity index is 440. The Kier molecular flexibility index (Phi) is 3.77. The quantitative estimate of drug-likeness (QED) is 0.785. The normalized spacial score (nSPS) is 11.3. The van der Waals surface area contributed by atoms with E-state index >= 15 is 0 Å². The van der Waals surface area contributed by atoms with E-state index in [1.54, 1.807) is 0 Å². The second-order valence-electron chi connectivity index (χ2n) is 5.52. The van der Waals surface area contributed by atoms with E-state index < -0.39 is 8.07 Å². The average Bonchev–Trinajstić information content (AvgIpc) is 2.37. The van der Waals surface area contributed by atoms with Crippen LogP contribution in [-0.4, -0.2) is 24.2 Å². The number of nitrogens with zero attached hydrogens (tertiary/aromatic N) is 3. The van der Waals surface area contributed by atoms with E-state index in [9.17, 15) is 0 Å². The molecule has 2 aromatic heterocycles. The van der Waals surface area contributed by atoms with Crippen LogP contribution >= 0.6 is 0 Å². The molecule has 0 atom stereocenters. The monoisotopic (exact) mass is 257 g/mol. The molecule has 0 N–H and O–H groups in total. The molecule has 0 bridgehead atoms. The minimum atomic E-state index is -1.24. The first-order valence-electron chi connectivity index (χ1n) is 6.16. The number of rotatable bonds is 4. The first-order chi connectivity index (χ1) is 8.56.